The van der Waals surface area contributed by atoms with E-state index in [4.69, 9.17) is 4.74 Å². The Kier molecular flexibility index (Phi) is 7.36. The zero-order valence-electron chi connectivity index (χ0n) is 16.7. The molecule has 3 rings (SSSR count). The van der Waals surface area contributed by atoms with E-state index in [0.29, 0.717) is 51.2 Å². The summed E-state index contributed by atoms with van der Waals surface area (Å²) in [6.45, 7) is 2.63. The lowest BCUT2D eigenvalue weighted by molar-refractivity contribution is -0.138. The Balaban J connectivity index is 1.59. The molecule has 1 heterocycles. The average molecular weight is 398 g/mol. The molecule has 154 valence electrons. The van der Waals surface area contributed by atoms with Gasteiger partial charge in [-0.2, -0.15) is 0 Å². The second-order valence-corrected chi connectivity index (χ2v) is 7.31. The van der Waals surface area contributed by atoms with Crippen LogP contribution in [0, 0.1) is 11.7 Å². The van der Waals surface area contributed by atoms with Crippen molar-refractivity contribution in [2.75, 3.05) is 33.4 Å². The number of piperidine rings is 1. The third kappa shape index (κ3) is 5.64. The summed E-state index contributed by atoms with van der Waals surface area (Å²) >= 11 is 0. The molecule has 1 fully saturated rings. The van der Waals surface area contributed by atoms with Crippen molar-refractivity contribution in [3.63, 3.8) is 0 Å². The zero-order chi connectivity index (χ0) is 20.6. The Morgan fingerprint density at radius 3 is 2.34 bits per heavy atom. The number of hydrogen-bond donors (Lipinski definition) is 0. The van der Waals surface area contributed by atoms with Gasteiger partial charge in [0.15, 0.2) is 0 Å². The fourth-order valence-electron chi connectivity index (χ4n) is 3.64. The van der Waals surface area contributed by atoms with Gasteiger partial charge in [0, 0.05) is 44.8 Å². The number of nitrogens with zero attached hydrogens (tertiary/aromatic N) is 2. The number of carbonyl (C=O) groups is 2. The van der Waals surface area contributed by atoms with Crippen LogP contribution in [-0.4, -0.2) is 55.0 Å². The minimum atomic E-state index is -0.361. The fraction of sp³-hybridized carbons (Fsp3) is 0.391. The molecule has 29 heavy (non-hydrogen) atoms. The van der Waals surface area contributed by atoms with Crippen molar-refractivity contribution in [3.8, 4) is 0 Å². The van der Waals surface area contributed by atoms with Gasteiger partial charge in [-0.05, 0) is 42.7 Å². The predicted octanol–water partition coefficient (Wildman–Crippen LogP) is 3.35. The number of carbonyl (C=O) groups excluding carboxylic acids is 2. The van der Waals surface area contributed by atoms with Crippen LogP contribution in [0.1, 0.15) is 28.8 Å². The molecular weight excluding hydrogens is 371 g/mol. The van der Waals surface area contributed by atoms with Gasteiger partial charge in [0.1, 0.15) is 5.82 Å². The molecule has 0 N–H and O–H groups in total. The SMILES string of the molecule is COCCN(Cc1ccccc1)C(=O)C1CCN(C(=O)c2ccc(F)cc2)CC1. The Morgan fingerprint density at radius 2 is 1.72 bits per heavy atom. The predicted molar refractivity (Wildman–Crippen MR) is 109 cm³/mol. The summed E-state index contributed by atoms with van der Waals surface area (Å²) in [7, 11) is 1.63. The molecule has 0 atom stereocenters. The normalized spacial score (nSPS) is 14.6. The first kappa shape index (κ1) is 21.0. The van der Waals surface area contributed by atoms with E-state index < -0.39 is 0 Å². The molecule has 2 aromatic carbocycles. The number of rotatable bonds is 7. The quantitative estimate of drug-likeness (QED) is 0.719. The second-order valence-electron chi connectivity index (χ2n) is 7.31. The van der Waals surface area contributed by atoms with Crippen LogP contribution in [0.25, 0.3) is 0 Å². The Labute approximate surface area is 171 Å². The van der Waals surface area contributed by atoms with E-state index in [1.807, 2.05) is 35.2 Å². The van der Waals surface area contributed by atoms with Gasteiger partial charge in [-0.3, -0.25) is 9.59 Å². The first-order valence-corrected chi connectivity index (χ1v) is 9.95. The summed E-state index contributed by atoms with van der Waals surface area (Å²) in [5, 5.41) is 0. The molecule has 0 spiro atoms. The van der Waals surface area contributed by atoms with Crippen LogP contribution in [0.4, 0.5) is 4.39 Å². The molecule has 1 saturated heterocycles. The highest BCUT2D eigenvalue weighted by atomic mass is 19.1. The number of amides is 2. The molecule has 1 aliphatic heterocycles. The molecule has 5 nitrogen and oxygen atoms in total. The van der Waals surface area contributed by atoms with E-state index in [1.165, 1.54) is 24.3 Å². The largest absolute Gasteiger partial charge is 0.383 e. The number of ether oxygens (including phenoxy) is 1. The van der Waals surface area contributed by atoms with Gasteiger partial charge in [0.05, 0.1) is 6.61 Å². The van der Waals surface area contributed by atoms with Gasteiger partial charge in [-0.25, -0.2) is 4.39 Å². The van der Waals surface area contributed by atoms with Gasteiger partial charge in [0.2, 0.25) is 5.91 Å². The second kappa shape index (κ2) is 10.2. The first-order valence-electron chi connectivity index (χ1n) is 9.95. The molecule has 0 aromatic heterocycles. The van der Waals surface area contributed by atoms with Crippen LogP contribution < -0.4 is 0 Å². The number of benzene rings is 2. The van der Waals surface area contributed by atoms with Gasteiger partial charge in [0.25, 0.3) is 5.91 Å². The van der Waals surface area contributed by atoms with Crippen LogP contribution in [0.2, 0.25) is 0 Å². The molecule has 2 aromatic rings. The summed E-state index contributed by atoms with van der Waals surface area (Å²) in [5.74, 6) is -0.468. The monoisotopic (exact) mass is 398 g/mol. The summed E-state index contributed by atoms with van der Waals surface area (Å²) in [5.41, 5.74) is 1.56. The molecule has 2 amide bonds. The van der Waals surface area contributed by atoms with Crippen molar-refractivity contribution in [2.24, 2.45) is 5.92 Å². The molecule has 6 heteroatoms. The van der Waals surface area contributed by atoms with E-state index in [2.05, 4.69) is 0 Å². The van der Waals surface area contributed by atoms with E-state index in [0.717, 1.165) is 5.56 Å². The standard InChI is InChI=1S/C23H27FN2O3/c1-29-16-15-26(17-18-5-3-2-4-6-18)23(28)20-11-13-25(14-12-20)22(27)19-7-9-21(24)10-8-19/h2-10,20H,11-17H2,1H3. The smallest absolute Gasteiger partial charge is 0.253 e. The highest BCUT2D eigenvalue weighted by molar-refractivity contribution is 5.94. The third-order valence-electron chi connectivity index (χ3n) is 5.32. The first-order chi connectivity index (χ1) is 14.1. The Bertz CT molecular complexity index is 803. The van der Waals surface area contributed by atoms with Crippen molar-refractivity contribution < 1.29 is 18.7 Å². The average Bonchev–Trinajstić information content (AvgIpc) is 2.77. The number of methoxy groups -OCH3 is 1. The molecule has 0 saturated carbocycles. The molecule has 0 aliphatic carbocycles. The Morgan fingerprint density at radius 1 is 1.07 bits per heavy atom. The number of halogens is 1. The summed E-state index contributed by atoms with van der Waals surface area (Å²) in [6.07, 6.45) is 1.26. The van der Waals surface area contributed by atoms with Crippen molar-refractivity contribution in [2.45, 2.75) is 19.4 Å². The van der Waals surface area contributed by atoms with Crippen LogP contribution in [0.3, 0.4) is 0 Å². The summed E-state index contributed by atoms with van der Waals surface area (Å²) < 4.78 is 18.3. The lowest BCUT2D eigenvalue weighted by Gasteiger charge is -2.34. The van der Waals surface area contributed by atoms with Crippen molar-refractivity contribution >= 4 is 11.8 Å². The third-order valence-corrected chi connectivity index (χ3v) is 5.32. The van der Waals surface area contributed by atoms with Crippen LogP contribution in [0.15, 0.2) is 54.6 Å². The van der Waals surface area contributed by atoms with Crippen LogP contribution in [0.5, 0.6) is 0 Å². The van der Waals surface area contributed by atoms with Gasteiger partial charge < -0.3 is 14.5 Å². The lowest BCUT2D eigenvalue weighted by Crippen LogP contribution is -2.45. The van der Waals surface area contributed by atoms with Crippen molar-refractivity contribution in [1.29, 1.82) is 0 Å². The minimum absolute atomic E-state index is 0.104. The van der Waals surface area contributed by atoms with E-state index >= 15 is 0 Å². The van der Waals surface area contributed by atoms with Crippen molar-refractivity contribution in [1.82, 2.24) is 9.80 Å². The van der Waals surface area contributed by atoms with Crippen LogP contribution in [-0.2, 0) is 16.1 Å². The molecule has 1 aliphatic rings. The van der Waals surface area contributed by atoms with Crippen molar-refractivity contribution in [3.05, 3.63) is 71.5 Å². The highest BCUT2D eigenvalue weighted by Gasteiger charge is 2.30. The van der Waals surface area contributed by atoms with E-state index in [-0.39, 0.29) is 23.5 Å². The minimum Gasteiger partial charge on any atom is -0.383 e. The molecule has 0 bridgehead atoms. The van der Waals surface area contributed by atoms with Gasteiger partial charge in [-0.1, -0.05) is 30.3 Å². The summed E-state index contributed by atoms with van der Waals surface area (Å²) in [4.78, 5) is 29.3. The Hall–Kier alpha value is -2.73. The van der Waals surface area contributed by atoms with Gasteiger partial charge in [-0.15, -0.1) is 0 Å². The van der Waals surface area contributed by atoms with E-state index in [1.54, 1.807) is 12.0 Å². The lowest BCUT2D eigenvalue weighted by atomic mass is 9.94. The molecule has 0 unspecified atom stereocenters. The number of hydrogen-bond acceptors (Lipinski definition) is 3. The highest BCUT2D eigenvalue weighted by Crippen LogP contribution is 2.22. The zero-order valence-corrected chi connectivity index (χ0v) is 16.7. The van der Waals surface area contributed by atoms with Crippen LogP contribution >= 0.6 is 0 Å². The van der Waals surface area contributed by atoms with Gasteiger partial charge >= 0.3 is 0 Å². The molecular formula is C23H27FN2O3. The maximum atomic E-state index is 13.1. The number of likely N-dealkylation sites (tertiary alicyclic amines) is 1. The maximum Gasteiger partial charge on any atom is 0.253 e. The maximum absolute atomic E-state index is 13.1. The topological polar surface area (TPSA) is 49.9 Å². The molecule has 0 radical (unpaired) electrons. The van der Waals surface area contributed by atoms with E-state index in [9.17, 15) is 14.0 Å². The fourth-order valence-corrected chi connectivity index (χ4v) is 3.64. The summed E-state index contributed by atoms with van der Waals surface area (Å²) in [6, 6.07) is 15.5.